The zero-order chi connectivity index (χ0) is 90.9. The van der Waals surface area contributed by atoms with Crippen LogP contribution >= 0.6 is 35.0 Å². The Kier molecular flexibility index (Phi) is 33.1. The van der Waals surface area contributed by atoms with Gasteiger partial charge in [0.2, 0.25) is 0 Å². The molecule has 0 saturated carbocycles. The summed E-state index contributed by atoms with van der Waals surface area (Å²) in [6.45, 7) is 4.92. The summed E-state index contributed by atoms with van der Waals surface area (Å²) < 4.78 is 84.8. The van der Waals surface area contributed by atoms with Crippen LogP contribution in [0.5, 0.6) is 86.2 Å². The van der Waals surface area contributed by atoms with Gasteiger partial charge in [0.05, 0.1) is 102 Å². The summed E-state index contributed by atoms with van der Waals surface area (Å²) in [7, 11) is 17.9. The van der Waals surface area contributed by atoms with Gasteiger partial charge in [-0.1, -0.05) is 96.0 Å². The van der Waals surface area contributed by atoms with E-state index in [1.165, 1.54) is 21.6 Å². The summed E-state index contributed by atoms with van der Waals surface area (Å²) in [4.78, 5) is 49.6. The SMILES string of the molecule is COc1cc2c(cc1OC)C(COc1ccc(SC)cc1)N(C(=O)c1ccccc1)CC2.COc1cc2c(cc1OC)C(COc1ccccc1OC)N(C(=O)c1cccc(Cl)c1)CC2.COc1ccc(OCC2c3cc(OC)c(OC)cc3CCN2C(=O)c2cccc(Cl)c2)cc1.COc1ccc(OCC2c3cc(OC)c(OC)cc3CCN2Cc2ccccc2)cc1. The van der Waals surface area contributed by atoms with Crippen LogP contribution in [0.1, 0.15) is 105 Å². The van der Waals surface area contributed by atoms with Crippen LogP contribution in [-0.2, 0) is 32.2 Å². The number of fused-ring (bicyclic) bond motifs is 4. The lowest BCUT2D eigenvalue weighted by Crippen LogP contribution is -2.42. The van der Waals surface area contributed by atoms with E-state index in [4.69, 9.17) is 94.3 Å². The third-order valence-electron chi connectivity index (χ3n) is 23.2. The van der Waals surface area contributed by atoms with E-state index in [2.05, 4.69) is 47.4 Å². The molecule has 12 aromatic carbocycles. The van der Waals surface area contributed by atoms with Gasteiger partial charge in [-0.05, 0) is 264 Å². The molecule has 0 radical (unpaired) electrons. The third-order valence-corrected chi connectivity index (χ3v) is 24.4. The van der Waals surface area contributed by atoms with E-state index in [0.29, 0.717) is 124 Å². The summed E-state index contributed by atoms with van der Waals surface area (Å²) in [6.07, 6.45) is 5.13. The van der Waals surface area contributed by atoms with E-state index in [1.54, 1.807) is 139 Å². The first-order chi connectivity index (χ1) is 62.9. The first kappa shape index (κ1) is 93.6. The van der Waals surface area contributed by atoms with Crippen molar-refractivity contribution >= 4 is 52.7 Å². The second kappa shape index (κ2) is 45.6. The number of hydrogen-bond acceptors (Lipinski definition) is 20. The molecule has 0 N–H and O–H groups in total. The molecule has 25 heteroatoms. The molecular weight excluding hydrogens is 1700 g/mol. The Balaban J connectivity index is 0.000000147. The van der Waals surface area contributed by atoms with Crippen LogP contribution < -0.4 is 71.1 Å². The number of ether oxygens (including phenoxy) is 15. The third kappa shape index (κ3) is 23.1. The summed E-state index contributed by atoms with van der Waals surface area (Å²) in [5.41, 5.74) is 11.9. The van der Waals surface area contributed by atoms with Gasteiger partial charge in [0.1, 0.15) is 55.2 Å². The van der Waals surface area contributed by atoms with Gasteiger partial charge in [-0.2, -0.15) is 0 Å². The molecule has 0 bridgehead atoms. The van der Waals surface area contributed by atoms with Gasteiger partial charge in [-0.15, -0.1) is 11.8 Å². The molecule has 129 heavy (non-hydrogen) atoms. The predicted molar refractivity (Wildman–Crippen MR) is 502 cm³/mol. The highest BCUT2D eigenvalue weighted by molar-refractivity contribution is 7.98. The van der Waals surface area contributed by atoms with Gasteiger partial charge in [-0.25, -0.2) is 0 Å². The van der Waals surface area contributed by atoms with Crippen molar-refractivity contribution < 1.29 is 85.4 Å². The summed E-state index contributed by atoms with van der Waals surface area (Å²) >= 11 is 14.0. The fourth-order valence-electron chi connectivity index (χ4n) is 16.4. The normalized spacial score (nSPS) is 15.2. The van der Waals surface area contributed by atoms with Crippen LogP contribution in [0.4, 0.5) is 0 Å². The monoisotopic (exact) mass is 1800 g/mol. The molecule has 4 unspecified atom stereocenters. The van der Waals surface area contributed by atoms with E-state index in [-0.39, 0.29) is 55.1 Å². The highest BCUT2D eigenvalue weighted by atomic mass is 35.5. The summed E-state index contributed by atoms with van der Waals surface area (Å²) in [5, 5.41) is 1.04. The topological polar surface area (TPSA) is 203 Å². The van der Waals surface area contributed by atoms with Crippen LogP contribution in [0.3, 0.4) is 0 Å². The number of carbonyl (C=O) groups is 3. The van der Waals surface area contributed by atoms with Crippen LogP contribution in [0.25, 0.3) is 0 Å². The molecule has 0 fully saturated rings. The minimum absolute atomic E-state index is 0.00244. The molecule has 4 heterocycles. The summed E-state index contributed by atoms with van der Waals surface area (Å²) in [6, 6.07) is 79.7. The maximum absolute atomic E-state index is 13.5. The quantitative estimate of drug-likeness (QED) is 0.0400. The zero-order valence-corrected chi connectivity index (χ0v) is 76.9. The van der Waals surface area contributed by atoms with Crippen molar-refractivity contribution in [1.82, 2.24) is 19.6 Å². The Bertz CT molecular complexity index is 5740. The largest absolute Gasteiger partial charge is 0.497 e. The van der Waals surface area contributed by atoms with Crippen molar-refractivity contribution in [2.45, 2.75) is 61.3 Å². The smallest absolute Gasteiger partial charge is 0.254 e. The number of nitrogens with zero attached hydrogens (tertiary/aromatic N) is 4. The van der Waals surface area contributed by atoms with Crippen LogP contribution in [0.2, 0.25) is 10.0 Å². The minimum Gasteiger partial charge on any atom is -0.497 e. The molecule has 0 saturated heterocycles. The molecule has 4 atom stereocenters. The standard InChI is InChI=1S/2C26H26ClNO5.C26H27NO4S.C26H29NO4/c1-30-22-9-4-5-10-23(22)33-16-21-20-15-25(32-3)24(31-2)14-17(20)11-12-28(21)26(29)18-7-6-8-19(27)13-18;1-30-20-7-9-21(10-8-20)33-16-23-22-15-25(32-3)24(31-2)14-17(22)11-12-28(23)26(29)18-5-4-6-19(27)13-18;1-29-24-15-19-13-14-27(26(28)18-7-5-4-6-8-18)23(22(19)16-25(24)30-2)17-31-20-9-11-21(32-3)12-10-20;1-28-21-9-11-22(12-10-21)31-18-24-23-16-26(30-3)25(29-2)15-20(23)13-14-27(24)17-19-7-5-4-6-8-19/h4-10,13-15,21H,11-12,16H2,1-3H3;4-10,13-15,23H,11-12,16H2,1-3H3;4-12,15-16,23H,13-14,17H2,1-3H3;4-12,15-16,24H,13-14,17-18H2,1-3H3. The molecule has 12 aromatic rings. The Labute approximate surface area is 769 Å². The van der Waals surface area contributed by atoms with E-state index in [0.717, 1.165) is 93.8 Å². The average Bonchev–Trinajstić information content (AvgIpc) is 0.813. The highest BCUT2D eigenvalue weighted by Crippen LogP contribution is 2.45. The second-order valence-electron chi connectivity index (χ2n) is 30.4. The highest BCUT2D eigenvalue weighted by Gasteiger charge is 2.38. The molecular formula is C104H108Cl2N4O18S. The first-order valence-electron chi connectivity index (χ1n) is 42.3. The second-order valence-corrected chi connectivity index (χ2v) is 32.2. The Morgan fingerprint density at radius 2 is 0.597 bits per heavy atom. The van der Waals surface area contributed by atoms with Crippen LogP contribution in [-0.4, -0.2) is 174 Å². The number of carbonyl (C=O) groups excluding carboxylic acids is 3. The van der Waals surface area contributed by atoms with Crippen molar-refractivity contribution in [2.24, 2.45) is 0 Å². The number of benzene rings is 12. The zero-order valence-electron chi connectivity index (χ0n) is 74.6. The van der Waals surface area contributed by atoms with E-state index < -0.39 is 0 Å². The Morgan fingerprint density at radius 1 is 0.295 bits per heavy atom. The fraction of sp³-hybridized carbons (Fsp3) is 0.279. The maximum Gasteiger partial charge on any atom is 0.254 e. The van der Waals surface area contributed by atoms with Crippen molar-refractivity contribution in [3.8, 4) is 86.2 Å². The molecule has 22 nitrogen and oxygen atoms in total. The van der Waals surface area contributed by atoms with E-state index >= 15 is 0 Å². The molecule has 672 valence electrons. The lowest BCUT2D eigenvalue weighted by molar-refractivity contribution is 0.0582. The number of methoxy groups -OCH3 is 11. The predicted octanol–water partition coefficient (Wildman–Crippen LogP) is 20.5. The molecule has 4 aliphatic heterocycles. The Hall–Kier alpha value is -13.1. The van der Waals surface area contributed by atoms with E-state index in [1.807, 2.05) is 185 Å². The number of amides is 3. The number of thioether (sulfide) groups is 1. The lowest BCUT2D eigenvalue weighted by Gasteiger charge is -2.37. The van der Waals surface area contributed by atoms with Gasteiger partial charge in [0.25, 0.3) is 17.7 Å². The minimum atomic E-state index is -0.343. The molecule has 3 amide bonds. The van der Waals surface area contributed by atoms with Crippen molar-refractivity contribution in [2.75, 3.05) is 137 Å². The fourth-order valence-corrected chi connectivity index (χ4v) is 17.2. The Morgan fingerprint density at radius 3 is 0.961 bits per heavy atom. The number of rotatable bonds is 29. The van der Waals surface area contributed by atoms with Gasteiger partial charge in [0.15, 0.2) is 57.5 Å². The van der Waals surface area contributed by atoms with Crippen molar-refractivity contribution in [3.63, 3.8) is 0 Å². The maximum atomic E-state index is 13.5. The number of para-hydroxylation sites is 2. The molecule has 0 aliphatic carbocycles. The van der Waals surface area contributed by atoms with Crippen LogP contribution in [0, 0.1) is 0 Å². The van der Waals surface area contributed by atoms with Gasteiger partial charge in [0, 0.05) is 64.4 Å². The molecule has 4 aliphatic rings. The summed E-state index contributed by atoms with van der Waals surface area (Å²) in [5.74, 6) is 10.3. The molecule has 16 rings (SSSR count). The van der Waals surface area contributed by atoms with Crippen molar-refractivity contribution in [3.05, 3.63) is 332 Å². The van der Waals surface area contributed by atoms with Gasteiger partial charge in [-0.3, -0.25) is 19.3 Å². The van der Waals surface area contributed by atoms with Crippen molar-refractivity contribution in [1.29, 1.82) is 0 Å². The van der Waals surface area contributed by atoms with Gasteiger partial charge >= 0.3 is 0 Å². The average molecular weight is 1800 g/mol. The molecule has 0 spiro atoms. The van der Waals surface area contributed by atoms with Crippen LogP contribution in [0.15, 0.2) is 260 Å². The van der Waals surface area contributed by atoms with E-state index in [9.17, 15) is 14.4 Å². The first-order valence-corrected chi connectivity index (χ1v) is 44.3. The number of hydrogen-bond donors (Lipinski definition) is 0. The molecule has 0 aromatic heterocycles. The lowest BCUT2D eigenvalue weighted by atomic mass is 9.91. The van der Waals surface area contributed by atoms with Gasteiger partial charge < -0.3 is 85.8 Å². The number of halogens is 2.